The van der Waals surface area contributed by atoms with E-state index in [-0.39, 0.29) is 30.7 Å². The summed E-state index contributed by atoms with van der Waals surface area (Å²) < 4.78 is 15.4. The normalized spacial score (nSPS) is 12.8. The first kappa shape index (κ1) is 22.7. The van der Waals surface area contributed by atoms with Gasteiger partial charge in [-0.25, -0.2) is 4.39 Å². The van der Waals surface area contributed by atoms with Crippen LogP contribution in [0.25, 0.3) is 0 Å². The highest BCUT2D eigenvalue weighted by molar-refractivity contribution is 6.31. The van der Waals surface area contributed by atoms with Gasteiger partial charge in [0.1, 0.15) is 5.82 Å². The first-order valence-corrected chi connectivity index (χ1v) is 11.0. The number of hydrogen-bond donors (Lipinski definition) is 1. The molecule has 0 aliphatic carbocycles. The van der Waals surface area contributed by atoms with Gasteiger partial charge in [-0.05, 0) is 37.1 Å². The van der Waals surface area contributed by atoms with Gasteiger partial charge in [-0.3, -0.25) is 24.0 Å². The number of benzene rings is 2. The van der Waals surface area contributed by atoms with Crippen molar-refractivity contribution in [1.29, 1.82) is 0 Å². The molecule has 0 atom stereocenters. The lowest BCUT2D eigenvalue weighted by Crippen LogP contribution is -2.30. The molecule has 0 saturated heterocycles. The second kappa shape index (κ2) is 9.95. The highest BCUT2D eigenvalue weighted by Gasteiger charge is 2.34. The van der Waals surface area contributed by atoms with Gasteiger partial charge in [0, 0.05) is 35.8 Å². The van der Waals surface area contributed by atoms with E-state index in [1.54, 1.807) is 42.6 Å². The van der Waals surface area contributed by atoms with E-state index in [1.807, 2.05) is 0 Å². The molecule has 0 saturated carbocycles. The Bertz CT molecular complexity index is 1150. The van der Waals surface area contributed by atoms with Crippen LogP contribution in [0.5, 0.6) is 0 Å². The number of carbonyl (C=O) groups excluding carboxylic acids is 3. The van der Waals surface area contributed by atoms with E-state index < -0.39 is 5.82 Å². The standard InChI is InChI=1S/C24H22ClFN4O3/c25-19-9-6-10-20(26)18(19)15-29-14-12-21(28-29)27-22(31)11-2-1-5-13-30-23(32)16-7-3-4-8-17(16)24(30)33/h3-4,6-10,12,14H,1-2,5,11,13,15H2,(H,27,28,31). The fraction of sp³-hybridized carbons (Fsp3) is 0.250. The highest BCUT2D eigenvalue weighted by Crippen LogP contribution is 2.23. The molecule has 4 rings (SSSR count). The van der Waals surface area contributed by atoms with Gasteiger partial charge in [-0.15, -0.1) is 0 Å². The lowest BCUT2D eigenvalue weighted by atomic mass is 10.1. The molecular formula is C24H22ClFN4O3. The van der Waals surface area contributed by atoms with Crippen molar-refractivity contribution < 1.29 is 18.8 Å². The summed E-state index contributed by atoms with van der Waals surface area (Å²) in [5, 5.41) is 7.27. The van der Waals surface area contributed by atoms with E-state index in [0.717, 1.165) is 0 Å². The minimum atomic E-state index is -0.412. The Morgan fingerprint density at radius 2 is 1.70 bits per heavy atom. The van der Waals surface area contributed by atoms with Crippen LogP contribution in [0, 0.1) is 5.82 Å². The first-order valence-electron chi connectivity index (χ1n) is 10.7. The van der Waals surface area contributed by atoms with Crippen LogP contribution in [0.3, 0.4) is 0 Å². The molecule has 33 heavy (non-hydrogen) atoms. The van der Waals surface area contributed by atoms with Crippen molar-refractivity contribution in [2.45, 2.75) is 32.2 Å². The molecular weight excluding hydrogens is 447 g/mol. The molecule has 0 radical (unpaired) electrons. The largest absolute Gasteiger partial charge is 0.309 e. The second-order valence-corrected chi connectivity index (χ2v) is 8.17. The molecule has 1 aliphatic rings. The summed E-state index contributed by atoms with van der Waals surface area (Å²) in [7, 11) is 0. The predicted octanol–water partition coefficient (Wildman–Crippen LogP) is 4.52. The molecule has 0 bridgehead atoms. The first-order chi connectivity index (χ1) is 15.9. The van der Waals surface area contributed by atoms with Gasteiger partial charge in [0.2, 0.25) is 5.91 Å². The van der Waals surface area contributed by atoms with Crippen molar-refractivity contribution in [3.63, 3.8) is 0 Å². The Balaban J connectivity index is 1.19. The number of amides is 3. The Hall–Kier alpha value is -3.52. The van der Waals surface area contributed by atoms with Crippen molar-refractivity contribution in [2.75, 3.05) is 11.9 Å². The van der Waals surface area contributed by atoms with Gasteiger partial charge in [-0.1, -0.05) is 36.2 Å². The summed E-state index contributed by atoms with van der Waals surface area (Å²) in [6.45, 7) is 0.482. The van der Waals surface area contributed by atoms with Crippen molar-refractivity contribution in [3.05, 3.63) is 82.3 Å². The maximum atomic E-state index is 13.9. The van der Waals surface area contributed by atoms with E-state index in [9.17, 15) is 18.8 Å². The summed E-state index contributed by atoms with van der Waals surface area (Å²) in [6.07, 6.45) is 3.85. The van der Waals surface area contributed by atoms with E-state index in [4.69, 9.17) is 11.6 Å². The molecule has 9 heteroatoms. The number of hydrogen-bond acceptors (Lipinski definition) is 4. The molecule has 1 N–H and O–H groups in total. The minimum Gasteiger partial charge on any atom is -0.309 e. The number of halogens is 2. The molecule has 1 aliphatic heterocycles. The number of anilines is 1. The third kappa shape index (κ3) is 5.12. The summed E-state index contributed by atoms with van der Waals surface area (Å²) >= 11 is 6.04. The third-order valence-corrected chi connectivity index (χ3v) is 5.81. The highest BCUT2D eigenvalue weighted by atomic mass is 35.5. The topological polar surface area (TPSA) is 84.3 Å². The molecule has 2 aromatic carbocycles. The number of carbonyl (C=O) groups is 3. The maximum Gasteiger partial charge on any atom is 0.261 e. The zero-order valence-electron chi connectivity index (χ0n) is 17.8. The summed E-state index contributed by atoms with van der Waals surface area (Å²) in [4.78, 5) is 38.1. The quantitative estimate of drug-likeness (QED) is 0.369. The fourth-order valence-corrected chi connectivity index (χ4v) is 3.96. The number of rotatable bonds is 9. The zero-order valence-corrected chi connectivity index (χ0v) is 18.5. The Morgan fingerprint density at radius 1 is 0.970 bits per heavy atom. The minimum absolute atomic E-state index is 0.152. The van der Waals surface area contributed by atoms with Gasteiger partial charge < -0.3 is 5.32 Å². The number of imide groups is 1. The lowest BCUT2D eigenvalue weighted by molar-refractivity contribution is -0.116. The number of nitrogens with one attached hydrogen (secondary N) is 1. The van der Waals surface area contributed by atoms with Gasteiger partial charge in [0.05, 0.1) is 17.7 Å². The van der Waals surface area contributed by atoms with Crippen LogP contribution in [0.1, 0.15) is 52.0 Å². The second-order valence-electron chi connectivity index (χ2n) is 7.77. The summed E-state index contributed by atoms with van der Waals surface area (Å²) in [5.41, 5.74) is 1.22. The van der Waals surface area contributed by atoms with Crippen LogP contribution in [-0.4, -0.2) is 38.9 Å². The molecule has 0 spiro atoms. The van der Waals surface area contributed by atoms with Gasteiger partial charge in [-0.2, -0.15) is 5.10 Å². The van der Waals surface area contributed by atoms with Crippen LogP contribution < -0.4 is 5.32 Å². The summed E-state index contributed by atoms with van der Waals surface area (Å²) in [5.74, 6) is -0.755. The average Bonchev–Trinajstić information content (AvgIpc) is 3.33. The Kier molecular flexibility index (Phi) is 6.84. The molecule has 170 valence electrons. The number of unbranched alkanes of at least 4 members (excludes halogenated alkanes) is 2. The van der Waals surface area contributed by atoms with E-state index in [1.165, 1.54) is 21.7 Å². The predicted molar refractivity (Wildman–Crippen MR) is 122 cm³/mol. The zero-order chi connectivity index (χ0) is 23.4. The van der Waals surface area contributed by atoms with Gasteiger partial charge in [0.25, 0.3) is 11.8 Å². The molecule has 0 fully saturated rings. The van der Waals surface area contributed by atoms with Gasteiger partial charge >= 0.3 is 0 Å². The molecule has 2 heterocycles. The maximum absolute atomic E-state index is 13.9. The van der Waals surface area contributed by atoms with E-state index >= 15 is 0 Å². The Labute approximate surface area is 195 Å². The van der Waals surface area contributed by atoms with Crippen LogP contribution in [0.15, 0.2) is 54.7 Å². The van der Waals surface area contributed by atoms with Crippen molar-refractivity contribution in [2.24, 2.45) is 0 Å². The van der Waals surface area contributed by atoms with Crippen LogP contribution in [0.2, 0.25) is 5.02 Å². The van der Waals surface area contributed by atoms with E-state index in [0.29, 0.717) is 53.3 Å². The van der Waals surface area contributed by atoms with Crippen molar-refractivity contribution >= 4 is 35.1 Å². The molecule has 7 nitrogen and oxygen atoms in total. The third-order valence-electron chi connectivity index (χ3n) is 5.45. The van der Waals surface area contributed by atoms with Gasteiger partial charge in [0.15, 0.2) is 5.82 Å². The summed E-state index contributed by atoms with van der Waals surface area (Å²) in [6, 6.07) is 12.9. The molecule has 3 aromatic rings. The smallest absolute Gasteiger partial charge is 0.261 e. The van der Waals surface area contributed by atoms with Crippen LogP contribution >= 0.6 is 11.6 Å². The Morgan fingerprint density at radius 3 is 2.39 bits per heavy atom. The molecule has 0 unspecified atom stereocenters. The number of fused-ring (bicyclic) bond motifs is 1. The monoisotopic (exact) mass is 468 g/mol. The number of nitrogens with zero attached hydrogens (tertiary/aromatic N) is 3. The molecule has 3 amide bonds. The fourth-order valence-electron chi connectivity index (χ4n) is 3.74. The lowest BCUT2D eigenvalue weighted by Gasteiger charge is -2.13. The van der Waals surface area contributed by atoms with Crippen molar-refractivity contribution in [3.8, 4) is 0 Å². The SMILES string of the molecule is O=C(CCCCCN1C(=O)c2ccccc2C1=O)Nc1ccn(Cc2c(F)cccc2Cl)n1. The van der Waals surface area contributed by atoms with E-state index in [2.05, 4.69) is 10.4 Å². The van der Waals surface area contributed by atoms with Crippen LogP contribution in [0.4, 0.5) is 10.2 Å². The number of aromatic nitrogens is 2. The average molecular weight is 469 g/mol. The molecule has 1 aromatic heterocycles. The van der Waals surface area contributed by atoms with Crippen LogP contribution in [-0.2, 0) is 11.3 Å². The van der Waals surface area contributed by atoms with Crippen molar-refractivity contribution in [1.82, 2.24) is 14.7 Å².